The molecule has 0 fully saturated rings. The molecule has 0 bridgehead atoms. The second-order valence-corrected chi connectivity index (χ2v) is 9.84. The van der Waals surface area contributed by atoms with Gasteiger partial charge in [-0.3, -0.25) is 9.59 Å². The summed E-state index contributed by atoms with van der Waals surface area (Å²) in [5.74, 6) is -0.101. The third-order valence-corrected chi connectivity index (χ3v) is 6.44. The number of nitrogens with one attached hydrogen (secondary N) is 3. The van der Waals surface area contributed by atoms with Crippen molar-refractivity contribution in [3.63, 3.8) is 0 Å². The first-order valence-electron chi connectivity index (χ1n) is 12.4. The molecule has 8 nitrogen and oxygen atoms in total. The lowest BCUT2D eigenvalue weighted by molar-refractivity contribution is -0.125. The first kappa shape index (κ1) is 25.9. The molecule has 192 valence electrons. The highest BCUT2D eigenvalue weighted by Crippen LogP contribution is 2.24. The van der Waals surface area contributed by atoms with Gasteiger partial charge in [-0.25, -0.2) is 4.98 Å². The molecule has 37 heavy (non-hydrogen) atoms. The number of aliphatic hydroxyl groups is 1. The van der Waals surface area contributed by atoms with E-state index in [1.54, 1.807) is 30.3 Å². The van der Waals surface area contributed by atoms with Gasteiger partial charge in [0.25, 0.3) is 11.8 Å². The van der Waals surface area contributed by atoms with Crippen molar-refractivity contribution in [3.05, 3.63) is 89.0 Å². The number of imidazole rings is 1. The lowest BCUT2D eigenvalue weighted by Crippen LogP contribution is -2.42. The number of carbonyl (C=O) groups excluding carboxylic acids is 2. The lowest BCUT2D eigenvalue weighted by Gasteiger charge is -2.25. The summed E-state index contributed by atoms with van der Waals surface area (Å²) in [4.78, 5) is 33.3. The van der Waals surface area contributed by atoms with E-state index in [4.69, 9.17) is 5.73 Å². The quantitative estimate of drug-likeness (QED) is 0.236. The van der Waals surface area contributed by atoms with Gasteiger partial charge in [-0.15, -0.1) is 0 Å². The molecule has 8 heteroatoms. The number of carbonyl (C=O) groups is 2. The van der Waals surface area contributed by atoms with Crippen molar-refractivity contribution in [1.29, 1.82) is 0 Å². The molecule has 1 heterocycles. The van der Waals surface area contributed by atoms with Gasteiger partial charge in [0, 0.05) is 11.3 Å². The summed E-state index contributed by atoms with van der Waals surface area (Å²) in [6.07, 6.45) is -1.55. The Hall–Kier alpha value is -4.17. The minimum Gasteiger partial charge on any atom is -0.381 e. The molecule has 1 aromatic heterocycles. The Balaban J connectivity index is 1.58. The van der Waals surface area contributed by atoms with E-state index in [9.17, 15) is 14.7 Å². The molecule has 4 rings (SSSR count). The topological polar surface area (TPSA) is 133 Å². The average Bonchev–Trinajstić information content (AvgIpc) is 3.26. The van der Waals surface area contributed by atoms with Crippen LogP contribution in [0.25, 0.3) is 11.0 Å². The predicted octanol–water partition coefficient (Wildman–Crippen LogP) is 4.86. The highest BCUT2D eigenvalue weighted by Gasteiger charge is 2.30. The fourth-order valence-corrected chi connectivity index (χ4v) is 4.15. The third kappa shape index (κ3) is 5.98. The smallest absolute Gasteiger partial charge is 0.255 e. The van der Waals surface area contributed by atoms with E-state index in [1.807, 2.05) is 36.4 Å². The Bertz CT molecular complexity index is 1390. The number of rotatable bonds is 8. The molecule has 3 aromatic carbocycles. The number of aliphatic hydroxyl groups excluding tert-OH is 1. The van der Waals surface area contributed by atoms with Crippen molar-refractivity contribution in [2.24, 2.45) is 0 Å². The standard InChI is InChI=1S/C29H33N5O3/c1-16(2)18-5-9-20(10-6-18)25(34-27(36)21-11-7-19(8-12-21)17(3)4)26(35)28(37)31-22-13-14-23-24(15-22)33-29(30)32-23/h5-17,25-26,35H,1-4H3,(H,31,37)(H,34,36)(H3,30,32,33). The average molecular weight is 500 g/mol. The van der Waals surface area contributed by atoms with Crippen LogP contribution in [0.1, 0.15) is 72.6 Å². The summed E-state index contributed by atoms with van der Waals surface area (Å²) in [6, 6.07) is 19.0. The van der Waals surface area contributed by atoms with E-state index in [0.29, 0.717) is 39.7 Å². The molecular formula is C29H33N5O3. The minimum absolute atomic E-state index is 0.271. The van der Waals surface area contributed by atoms with Crippen molar-refractivity contribution in [3.8, 4) is 0 Å². The lowest BCUT2D eigenvalue weighted by atomic mass is 9.95. The zero-order valence-electron chi connectivity index (χ0n) is 21.4. The van der Waals surface area contributed by atoms with Crippen LogP contribution >= 0.6 is 0 Å². The zero-order valence-corrected chi connectivity index (χ0v) is 21.4. The van der Waals surface area contributed by atoms with Crippen LogP contribution in [0.3, 0.4) is 0 Å². The number of hydrogen-bond acceptors (Lipinski definition) is 5. The van der Waals surface area contributed by atoms with E-state index >= 15 is 0 Å². The molecule has 4 aromatic rings. The summed E-state index contributed by atoms with van der Waals surface area (Å²) >= 11 is 0. The van der Waals surface area contributed by atoms with E-state index < -0.39 is 18.1 Å². The van der Waals surface area contributed by atoms with Gasteiger partial charge >= 0.3 is 0 Å². The highest BCUT2D eigenvalue weighted by molar-refractivity contribution is 5.98. The van der Waals surface area contributed by atoms with Crippen LogP contribution < -0.4 is 16.4 Å². The summed E-state index contributed by atoms with van der Waals surface area (Å²) in [5.41, 5.74) is 10.8. The van der Waals surface area contributed by atoms with Crippen LogP contribution in [0, 0.1) is 0 Å². The summed E-state index contributed by atoms with van der Waals surface area (Å²) < 4.78 is 0. The number of aromatic amines is 1. The molecule has 0 saturated carbocycles. The van der Waals surface area contributed by atoms with Crippen molar-refractivity contribution < 1.29 is 14.7 Å². The summed E-state index contributed by atoms with van der Waals surface area (Å²) in [5, 5.41) is 16.7. The molecule has 6 N–H and O–H groups in total. The normalized spacial score (nSPS) is 13.1. The monoisotopic (exact) mass is 499 g/mol. The molecule has 0 aliphatic carbocycles. The van der Waals surface area contributed by atoms with Gasteiger partial charge in [-0.1, -0.05) is 64.1 Å². The number of fused-ring (bicyclic) bond motifs is 1. The summed E-state index contributed by atoms with van der Waals surface area (Å²) in [7, 11) is 0. The van der Waals surface area contributed by atoms with Crippen LogP contribution in [0.2, 0.25) is 0 Å². The van der Waals surface area contributed by atoms with Crippen molar-refractivity contribution in [2.75, 3.05) is 11.1 Å². The Morgan fingerprint density at radius 2 is 1.43 bits per heavy atom. The number of aromatic nitrogens is 2. The van der Waals surface area contributed by atoms with Gasteiger partial charge in [-0.05, 0) is 58.9 Å². The van der Waals surface area contributed by atoms with Gasteiger partial charge < -0.3 is 26.5 Å². The zero-order chi connectivity index (χ0) is 26.7. The van der Waals surface area contributed by atoms with Crippen LogP contribution in [0.15, 0.2) is 66.7 Å². The van der Waals surface area contributed by atoms with Gasteiger partial charge in [-0.2, -0.15) is 0 Å². The van der Waals surface area contributed by atoms with Gasteiger partial charge in [0.2, 0.25) is 0 Å². The molecule has 0 spiro atoms. The maximum atomic E-state index is 13.1. The molecule has 0 radical (unpaired) electrons. The van der Waals surface area contributed by atoms with Gasteiger partial charge in [0.05, 0.1) is 17.1 Å². The molecule has 2 amide bonds. The van der Waals surface area contributed by atoms with Gasteiger partial charge in [0.15, 0.2) is 12.1 Å². The third-order valence-electron chi connectivity index (χ3n) is 6.44. The van der Waals surface area contributed by atoms with E-state index in [1.165, 1.54) is 0 Å². The Morgan fingerprint density at radius 3 is 2.03 bits per heavy atom. The number of nitrogen functional groups attached to an aromatic ring is 1. The SMILES string of the molecule is CC(C)c1ccc(C(=O)NC(c2ccc(C(C)C)cc2)C(O)C(=O)Nc2ccc3nc(N)[nH]c3c2)cc1. The van der Waals surface area contributed by atoms with E-state index in [-0.39, 0.29) is 11.9 Å². The van der Waals surface area contributed by atoms with E-state index in [0.717, 1.165) is 11.1 Å². The maximum absolute atomic E-state index is 13.1. The molecule has 0 aliphatic rings. The predicted molar refractivity (Wildman–Crippen MR) is 146 cm³/mol. The number of hydrogen-bond donors (Lipinski definition) is 5. The largest absolute Gasteiger partial charge is 0.381 e. The summed E-state index contributed by atoms with van der Waals surface area (Å²) in [6.45, 7) is 8.34. The number of nitrogens with two attached hydrogens (primary N) is 1. The van der Waals surface area contributed by atoms with Gasteiger partial charge in [0.1, 0.15) is 0 Å². The number of nitrogens with zero attached hydrogens (tertiary/aromatic N) is 1. The van der Waals surface area contributed by atoms with Crippen molar-refractivity contribution >= 4 is 34.5 Å². The second kappa shape index (κ2) is 10.8. The Kier molecular flexibility index (Phi) is 7.59. The first-order chi connectivity index (χ1) is 17.6. The first-order valence-corrected chi connectivity index (χ1v) is 12.4. The minimum atomic E-state index is -1.55. The number of benzene rings is 3. The Morgan fingerprint density at radius 1 is 0.865 bits per heavy atom. The number of anilines is 2. The molecule has 2 unspecified atom stereocenters. The van der Waals surface area contributed by atoms with Crippen LogP contribution in [0.4, 0.5) is 11.6 Å². The van der Waals surface area contributed by atoms with Crippen LogP contribution in [-0.2, 0) is 4.79 Å². The molecule has 0 saturated heterocycles. The number of amides is 2. The fourth-order valence-electron chi connectivity index (χ4n) is 4.15. The van der Waals surface area contributed by atoms with Crippen molar-refractivity contribution in [2.45, 2.75) is 51.7 Å². The molecule has 0 aliphatic heterocycles. The highest BCUT2D eigenvalue weighted by atomic mass is 16.3. The number of H-pyrrole nitrogens is 1. The van der Waals surface area contributed by atoms with Crippen LogP contribution in [0.5, 0.6) is 0 Å². The van der Waals surface area contributed by atoms with Crippen molar-refractivity contribution in [1.82, 2.24) is 15.3 Å². The molecular weight excluding hydrogens is 466 g/mol. The molecule has 2 atom stereocenters. The van der Waals surface area contributed by atoms with E-state index in [2.05, 4.69) is 48.3 Å². The van der Waals surface area contributed by atoms with Crippen LogP contribution in [-0.4, -0.2) is 33.0 Å². The second-order valence-electron chi connectivity index (χ2n) is 9.84. The maximum Gasteiger partial charge on any atom is 0.255 e. The fraction of sp³-hybridized carbons (Fsp3) is 0.276. The Labute approximate surface area is 216 Å².